The number of nitrogens with zero attached hydrogens (tertiary/aromatic N) is 2. The van der Waals surface area contributed by atoms with Crippen LogP contribution >= 0.6 is 34.8 Å². The molecule has 0 aliphatic carbocycles. The van der Waals surface area contributed by atoms with Crippen LogP contribution in [0.5, 0.6) is 0 Å². The van der Waals surface area contributed by atoms with Crippen molar-refractivity contribution < 1.29 is 9.59 Å². The molecule has 31 heavy (non-hydrogen) atoms. The Kier molecular flexibility index (Phi) is 8.09. The molecule has 0 radical (unpaired) electrons. The number of carbonyl (C=O) groups excluding carboxylic acids is 2. The van der Waals surface area contributed by atoms with Crippen molar-refractivity contribution in [2.24, 2.45) is 0 Å². The summed E-state index contributed by atoms with van der Waals surface area (Å²) < 4.78 is 0. The van der Waals surface area contributed by atoms with Gasteiger partial charge in [-0.1, -0.05) is 59.9 Å². The molecule has 1 N–H and O–H groups in total. The normalized spacial score (nSPS) is 16.8. The highest BCUT2D eigenvalue weighted by atomic mass is 35.5. The molecule has 0 saturated carbocycles. The molecule has 166 valence electrons. The first-order valence-electron chi connectivity index (χ1n) is 10.3. The second-order valence-electron chi connectivity index (χ2n) is 7.76. The van der Waals surface area contributed by atoms with Gasteiger partial charge in [0.1, 0.15) is 6.04 Å². The number of urea groups is 1. The number of hydrogen-bond donors (Lipinski definition) is 1. The van der Waals surface area contributed by atoms with Gasteiger partial charge in [-0.2, -0.15) is 0 Å². The molecule has 2 aromatic carbocycles. The number of hydrogen-bond acceptors (Lipinski definition) is 2. The minimum Gasteiger partial charge on any atom is -0.340 e. The number of halogens is 3. The molecule has 1 heterocycles. The summed E-state index contributed by atoms with van der Waals surface area (Å²) in [6, 6.07) is 11.8. The Morgan fingerprint density at radius 1 is 1.13 bits per heavy atom. The lowest BCUT2D eigenvalue weighted by Gasteiger charge is -2.30. The maximum Gasteiger partial charge on any atom is 0.318 e. The average Bonchev–Trinajstić information content (AvgIpc) is 3.25. The van der Waals surface area contributed by atoms with Crippen molar-refractivity contribution in [1.29, 1.82) is 0 Å². The minimum absolute atomic E-state index is 0.0646. The molecule has 2 aromatic rings. The van der Waals surface area contributed by atoms with Gasteiger partial charge >= 0.3 is 6.03 Å². The monoisotopic (exact) mass is 481 g/mol. The summed E-state index contributed by atoms with van der Waals surface area (Å²) in [6.45, 7) is 3.00. The van der Waals surface area contributed by atoms with Gasteiger partial charge in [0.05, 0.1) is 16.1 Å². The largest absolute Gasteiger partial charge is 0.340 e. The molecule has 8 heteroatoms. The quantitative estimate of drug-likeness (QED) is 0.555. The Morgan fingerprint density at radius 2 is 1.84 bits per heavy atom. The summed E-state index contributed by atoms with van der Waals surface area (Å²) >= 11 is 18.1. The van der Waals surface area contributed by atoms with E-state index in [0.29, 0.717) is 41.0 Å². The highest BCUT2D eigenvalue weighted by molar-refractivity contribution is 6.42. The first kappa shape index (κ1) is 23.7. The van der Waals surface area contributed by atoms with Crippen LogP contribution in [0.2, 0.25) is 15.1 Å². The van der Waals surface area contributed by atoms with Crippen LogP contribution in [-0.2, 0) is 11.3 Å². The van der Waals surface area contributed by atoms with Crippen LogP contribution in [0, 0.1) is 0 Å². The fourth-order valence-corrected chi connectivity index (χ4v) is 4.28. The molecule has 0 aromatic heterocycles. The van der Waals surface area contributed by atoms with Crippen molar-refractivity contribution in [3.05, 3.63) is 68.7 Å². The van der Waals surface area contributed by atoms with Gasteiger partial charge in [0.15, 0.2) is 0 Å². The van der Waals surface area contributed by atoms with Crippen LogP contribution in [0.15, 0.2) is 42.5 Å². The van der Waals surface area contributed by atoms with E-state index in [0.717, 1.165) is 17.5 Å². The molecule has 1 aliphatic rings. The Labute approximate surface area is 198 Å². The molecule has 1 saturated heterocycles. The lowest BCUT2D eigenvalue weighted by molar-refractivity contribution is -0.134. The maximum atomic E-state index is 13.1. The maximum absolute atomic E-state index is 13.1. The number of likely N-dealkylation sites (tertiary alicyclic amines) is 1. The van der Waals surface area contributed by atoms with Crippen LogP contribution in [0.1, 0.15) is 43.4 Å². The molecule has 2 atom stereocenters. The fraction of sp³-hybridized carbons (Fsp3) is 0.391. The van der Waals surface area contributed by atoms with Crippen molar-refractivity contribution in [2.75, 3.05) is 13.6 Å². The molecular weight excluding hydrogens is 457 g/mol. The van der Waals surface area contributed by atoms with E-state index in [1.54, 1.807) is 41.1 Å². The van der Waals surface area contributed by atoms with E-state index in [1.165, 1.54) is 0 Å². The fourth-order valence-electron chi connectivity index (χ4n) is 3.84. The highest BCUT2D eigenvalue weighted by Gasteiger charge is 2.36. The van der Waals surface area contributed by atoms with Crippen LogP contribution in [-0.4, -0.2) is 41.4 Å². The molecule has 3 amide bonds. The minimum atomic E-state index is -0.469. The molecule has 0 bridgehead atoms. The summed E-state index contributed by atoms with van der Waals surface area (Å²) in [6.07, 6.45) is 2.13. The van der Waals surface area contributed by atoms with E-state index >= 15 is 0 Å². The predicted molar refractivity (Wildman–Crippen MR) is 126 cm³/mol. The van der Waals surface area contributed by atoms with E-state index < -0.39 is 6.04 Å². The van der Waals surface area contributed by atoms with Gasteiger partial charge in [0.2, 0.25) is 5.91 Å². The van der Waals surface area contributed by atoms with Crippen molar-refractivity contribution in [2.45, 2.75) is 44.8 Å². The molecule has 0 unspecified atom stereocenters. The number of amides is 3. The Balaban J connectivity index is 1.66. The van der Waals surface area contributed by atoms with Gasteiger partial charge in [-0.25, -0.2) is 4.79 Å². The first-order chi connectivity index (χ1) is 14.8. The third-order valence-electron chi connectivity index (χ3n) is 5.56. The van der Waals surface area contributed by atoms with Crippen LogP contribution in [0.3, 0.4) is 0 Å². The first-order valence-corrected chi connectivity index (χ1v) is 11.4. The third kappa shape index (κ3) is 5.85. The van der Waals surface area contributed by atoms with E-state index in [2.05, 4.69) is 5.32 Å². The molecule has 5 nitrogen and oxygen atoms in total. The van der Waals surface area contributed by atoms with Gasteiger partial charge in [-0.15, -0.1) is 0 Å². The van der Waals surface area contributed by atoms with Crippen molar-refractivity contribution >= 4 is 46.7 Å². The summed E-state index contributed by atoms with van der Waals surface area (Å²) in [5, 5.41) is 4.63. The van der Waals surface area contributed by atoms with Crippen molar-refractivity contribution in [3.63, 3.8) is 0 Å². The molecule has 1 aliphatic heterocycles. The third-order valence-corrected chi connectivity index (χ3v) is 6.55. The van der Waals surface area contributed by atoms with Crippen molar-refractivity contribution in [1.82, 2.24) is 15.1 Å². The lowest BCUT2D eigenvalue weighted by atomic mass is 10.0. The Morgan fingerprint density at radius 3 is 2.48 bits per heavy atom. The molecular formula is C23H26Cl3N3O2. The standard InChI is InChI=1S/C23H26Cl3N3O2/c1-3-20(16-8-11-18(25)19(26)13-16)27-23(31)29-12-4-5-21(29)22(30)28(2)14-15-6-9-17(24)10-7-15/h6-11,13,20-21H,3-5,12,14H2,1-2H3,(H,27,31)/t20-,21-/m1/s1. The van der Waals surface area contributed by atoms with Gasteiger partial charge in [0.25, 0.3) is 0 Å². The van der Waals surface area contributed by atoms with E-state index in [-0.39, 0.29) is 18.0 Å². The van der Waals surface area contributed by atoms with E-state index in [1.807, 2.05) is 25.1 Å². The van der Waals surface area contributed by atoms with Gasteiger partial charge in [-0.05, 0) is 54.7 Å². The van der Waals surface area contributed by atoms with E-state index in [4.69, 9.17) is 34.8 Å². The van der Waals surface area contributed by atoms with Crippen molar-refractivity contribution in [3.8, 4) is 0 Å². The van der Waals surface area contributed by atoms with Gasteiger partial charge < -0.3 is 15.1 Å². The summed E-state index contributed by atoms with van der Waals surface area (Å²) in [5.74, 6) is -0.0646. The lowest BCUT2D eigenvalue weighted by Crippen LogP contribution is -2.50. The number of carbonyl (C=O) groups is 2. The molecule has 0 spiro atoms. The highest BCUT2D eigenvalue weighted by Crippen LogP contribution is 2.28. The van der Waals surface area contributed by atoms with Crippen LogP contribution in [0.25, 0.3) is 0 Å². The summed E-state index contributed by atoms with van der Waals surface area (Å²) in [7, 11) is 1.76. The number of nitrogens with one attached hydrogen (secondary N) is 1. The van der Waals surface area contributed by atoms with E-state index in [9.17, 15) is 9.59 Å². The van der Waals surface area contributed by atoms with Crippen LogP contribution in [0.4, 0.5) is 4.79 Å². The average molecular weight is 483 g/mol. The number of likely N-dealkylation sites (N-methyl/N-ethyl adjacent to an activating group) is 1. The zero-order valence-electron chi connectivity index (χ0n) is 17.6. The number of benzene rings is 2. The summed E-state index contributed by atoms with van der Waals surface area (Å²) in [5.41, 5.74) is 1.87. The topological polar surface area (TPSA) is 52.7 Å². The number of rotatable bonds is 6. The zero-order valence-corrected chi connectivity index (χ0v) is 19.8. The molecule has 1 fully saturated rings. The van der Waals surface area contributed by atoms with Crippen LogP contribution < -0.4 is 5.32 Å². The predicted octanol–water partition coefficient (Wildman–Crippen LogP) is 5.93. The molecule has 3 rings (SSSR count). The van der Waals surface area contributed by atoms with Gasteiger partial charge in [-0.3, -0.25) is 4.79 Å². The Hall–Kier alpha value is -1.95. The smallest absolute Gasteiger partial charge is 0.318 e. The summed E-state index contributed by atoms with van der Waals surface area (Å²) in [4.78, 5) is 29.4. The van der Waals surface area contributed by atoms with Gasteiger partial charge in [0, 0.05) is 25.2 Å². The Bertz CT molecular complexity index is 936. The zero-order chi connectivity index (χ0) is 22.5. The SMILES string of the molecule is CC[C@@H](NC(=O)N1CCC[C@@H]1C(=O)N(C)Cc1ccc(Cl)cc1)c1ccc(Cl)c(Cl)c1. The second kappa shape index (κ2) is 10.6. The second-order valence-corrected chi connectivity index (χ2v) is 9.01.